The molecule has 2 heterocycles. The molecule has 0 radical (unpaired) electrons. The molecule has 0 spiro atoms. The standard InChI is InChI=1S/C11H19NO3/c13-11(9-3-6-14-7-9)8-15-10-1-4-12-5-2-10/h9-10,12H,1-8H2. The summed E-state index contributed by atoms with van der Waals surface area (Å²) >= 11 is 0. The van der Waals surface area contributed by atoms with E-state index < -0.39 is 0 Å². The van der Waals surface area contributed by atoms with Gasteiger partial charge in [0.05, 0.1) is 12.7 Å². The molecule has 0 aromatic heterocycles. The second-order valence-corrected chi connectivity index (χ2v) is 4.29. The molecule has 2 fully saturated rings. The number of hydrogen-bond acceptors (Lipinski definition) is 4. The van der Waals surface area contributed by atoms with Gasteiger partial charge in [0.2, 0.25) is 0 Å². The lowest BCUT2D eigenvalue weighted by Gasteiger charge is -2.23. The van der Waals surface area contributed by atoms with E-state index in [2.05, 4.69) is 5.32 Å². The van der Waals surface area contributed by atoms with Crippen molar-refractivity contribution in [3.8, 4) is 0 Å². The van der Waals surface area contributed by atoms with Crippen molar-refractivity contribution in [3.05, 3.63) is 0 Å². The summed E-state index contributed by atoms with van der Waals surface area (Å²) in [7, 11) is 0. The smallest absolute Gasteiger partial charge is 0.163 e. The molecular weight excluding hydrogens is 194 g/mol. The molecule has 1 atom stereocenters. The summed E-state index contributed by atoms with van der Waals surface area (Å²) in [6.45, 7) is 3.60. The van der Waals surface area contributed by atoms with Gasteiger partial charge in [0.1, 0.15) is 6.61 Å². The number of ether oxygens (including phenoxy) is 2. The summed E-state index contributed by atoms with van der Waals surface area (Å²) in [6, 6.07) is 0. The molecule has 0 aromatic carbocycles. The van der Waals surface area contributed by atoms with E-state index >= 15 is 0 Å². The van der Waals surface area contributed by atoms with E-state index in [9.17, 15) is 4.79 Å². The highest BCUT2D eigenvalue weighted by Gasteiger charge is 2.24. The predicted molar refractivity (Wildman–Crippen MR) is 55.8 cm³/mol. The highest BCUT2D eigenvalue weighted by molar-refractivity contribution is 5.82. The maximum Gasteiger partial charge on any atom is 0.163 e. The first-order valence-electron chi connectivity index (χ1n) is 5.79. The fourth-order valence-electron chi connectivity index (χ4n) is 2.07. The SMILES string of the molecule is O=C(COC1CCNCC1)C1CCOC1. The molecule has 15 heavy (non-hydrogen) atoms. The molecular formula is C11H19NO3. The summed E-state index contributed by atoms with van der Waals surface area (Å²) in [4.78, 5) is 11.7. The molecule has 2 saturated heterocycles. The first-order chi connectivity index (χ1) is 7.36. The first-order valence-corrected chi connectivity index (χ1v) is 5.79. The van der Waals surface area contributed by atoms with Crippen molar-refractivity contribution >= 4 is 5.78 Å². The maximum atomic E-state index is 11.7. The Kier molecular flexibility index (Phi) is 4.11. The number of piperidine rings is 1. The molecule has 2 aliphatic rings. The Bertz CT molecular complexity index is 208. The van der Waals surface area contributed by atoms with Crippen LogP contribution in [-0.4, -0.2) is 44.8 Å². The van der Waals surface area contributed by atoms with Crippen molar-refractivity contribution < 1.29 is 14.3 Å². The zero-order valence-electron chi connectivity index (χ0n) is 9.04. The van der Waals surface area contributed by atoms with Crippen LogP contribution in [-0.2, 0) is 14.3 Å². The van der Waals surface area contributed by atoms with Crippen LogP contribution in [0.5, 0.6) is 0 Å². The van der Waals surface area contributed by atoms with Crippen molar-refractivity contribution in [2.24, 2.45) is 5.92 Å². The molecule has 2 rings (SSSR count). The van der Waals surface area contributed by atoms with Gasteiger partial charge in [-0.15, -0.1) is 0 Å². The van der Waals surface area contributed by atoms with E-state index in [-0.39, 0.29) is 24.4 Å². The monoisotopic (exact) mass is 213 g/mol. The second-order valence-electron chi connectivity index (χ2n) is 4.29. The van der Waals surface area contributed by atoms with Crippen LogP contribution in [0.1, 0.15) is 19.3 Å². The zero-order chi connectivity index (χ0) is 10.5. The number of nitrogens with one attached hydrogen (secondary N) is 1. The summed E-state index contributed by atoms with van der Waals surface area (Å²) in [5, 5.41) is 3.27. The van der Waals surface area contributed by atoms with Gasteiger partial charge in [-0.2, -0.15) is 0 Å². The molecule has 0 amide bonds. The third kappa shape index (κ3) is 3.26. The van der Waals surface area contributed by atoms with Gasteiger partial charge in [-0.3, -0.25) is 4.79 Å². The van der Waals surface area contributed by atoms with Crippen LogP contribution < -0.4 is 5.32 Å². The quantitative estimate of drug-likeness (QED) is 0.732. The third-order valence-corrected chi connectivity index (χ3v) is 3.13. The molecule has 0 bridgehead atoms. The second kappa shape index (κ2) is 5.58. The zero-order valence-corrected chi connectivity index (χ0v) is 9.04. The summed E-state index contributed by atoms with van der Waals surface area (Å²) in [5.41, 5.74) is 0. The number of rotatable bonds is 4. The molecule has 2 aliphatic heterocycles. The Balaban J connectivity index is 1.65. The van der Waals surface area contributed by atoms with Crippen LogP contribution in [0.2, 0.25) is 0 Å². The fraction of sp³-hybridized carbons (Fsp3) is 0.909. The van der Waals surface area contributed by atoms with Gasteiger partial charge in [0.15, 0.2) is 5.78 Å². The van der Waals surface area contributed by atoms with E-state index in [1.54, 1.807) is 0 Å². The molecule has 0 saturated carbocycles. The van der Waals surface area contributed by atoms with Gasteiger partial charge >= 0.3 is 0 Å². The van der Waals surface area contributed by atoms with Crippen LogP contribution in [0.15, 0.2) is 0 Å². The lowest BCUT2D eigenvalue weighted by molar-refractivity contribution is -0.130. The molecule has 86 valence electrons. The lowest BCUT2D eigenvalue weighted by atomic mass is 10.0. The first kappa shape index (κ1) is 11.0. The van der Waals surface area contributed by atoms with Gasteiger partial charge in [0.25, 0.3) is 0 Å². The van der Waals surface area contributed by atoms with Gasteiger partial charge in [-0.1, -0.05) is 0 Å². The molecule has 0 aromatic rings. The minimum absolute atomic E-state index is 0.0896. The van der Waals surface area contributed by atoms with Crippen molar-refractivity contribution in [3.63, 3.8) is 0 Å². The molecule has 4 nitrogen and oxygen atoms in total. The number of ketones is 1. The highest BCUT2D eigenvalue weighted by Crippen LogP contribution is 2.15. The largest absolute Gasteiger partial charge is 0.381 e. The van der Waals surface area contributed by atoms with Crippen molar-refractivity contribution in [2.75, 3.05) is 32.9 Å². The average molecular weight is 213 g/mol. The van der Waals surface area contributed by atoms with Crippen LogP contribution in [0.4, 0.5) is 0 Å². The van der Waals surface area contributed by atoms with Crippen molar-refractivity contribution in [1.29, 1.82) is 0 Å². The maximum absolute atomic E-state index is 11.7. The lowest BCUT2D eigenvalue weighted by Crippen LogP contribution is -2.34. The minimum Gasteiger partial charge on any atom is -0.381 e. The van der Waals surface area contributed by atoms with E-state index in [1.807, 2.05) is 0 Å². The van der Waals surface area contributed by atoms with Crippen molar-refractivity contribution in [1.82, 2.24) is 5.32 Å². The molecule has 1 N–H and O–H groups in total. The van der Waals surface area contributed by atoms with Crippen LogP contribution in [0, 0.1) is 5.92 Å². The van der Waals surface area contributed by atoms with Crippen LogP contribution in [0.3, 0.4) is 0 Å². The summed E-state index contributed by atoms with van der Waals surface area (Å²) < 4.78 is 10.8. The third-order valence-electron chi connectivity index (χ3n) is 3.13. The average Bonchev–Trinajstić information content (AvgIpc) is 2.81. The van der Waals surface area contributed by atoms with E-state index in [4.69, 9.17) is 9.47 Å². The number of carbonyl (C=O) groups is 1. The Labute approximate surface area is 90.3 Å². The van der Waals surface area contributed by atoms with E-state index in [0.29, 0.717) is 6.61 Å². The van der Waals surface area contributed by atoms with Crippen molar-refractivity contribution in [2.45, 2.75) is 25.4 Å². The fourth-order valence-corrected chi connectivity index (χ4v) is 2.07. The van der Waals surface area contributed by atoms with Gasteiger partial charge in [0, 0.05) is 12.5 Å². The van der Waals surface area contributed by atoms with Gasteiger partial charge < -0.3 is 14.8 Å². The Hall–Kier alpha value is -0.450. The Morgan fingerprint density at radius 1 is 1.33 bits per heavy atom. The van der Waals surface area contributed by atoms with Gasteiger partial charge in [-0.05, 0) is 32.4 Å². The molecule has 4 heteroatoms. The Morgan fingerprint density at radius 2 is 2.13 bits per heavy atom. The normalized spacial score (nSPS) is 28.1. The number of carbonyl (C=O) groups excluding carboxylic acids is 1. The highest BCUT2D eigenvalue weighted by atomic mass is 16.5. The molecule has 0 aliphatic carbocycles. The van der Waals surface area contributed by atoms with E-state index in [1.165, 1.54) is 0 Å². The topological polar surface area (TPSA) is 47.6 Å². The minimum atomic E-state index is 0.0896. The molecule has 1 unspecified atom stereocenters. The number of hydrogen-bond donors (Lipinski definition) is 1. The van der Waals surface area contributed by atoms with Crippen LogP contribution >= 0.6 is 0 Å². The predicted octanol–water partition coefficient (Wildman–Crippen LogP) is 0.361. The summed E-state index contributed by atoms with van der Waals surface area (Å²) in [6.07, 6.45) is 3.19. The van der Waals surface area contributed by atoms with Crippen LogP contribution in [0.25, 0.3) is 0 Å². The van der Waals surface area contributed by atoms with E-state index in [0.717, 1.165) is 39.0 Å². The van der Waals surface area contributed by atoms with Gasteiger partial charge in [-0.25, -0.2) is 0 Å². The number of Topliss-reactive ketones (excluding diaryl/α,β-unsaturated/α-hetero) is 1. The summed E-state index contributed by atoms with van der Waals surface area (Å²) in [5.74, 6) is 0.303. The Morgan fingerprint density at radius 3 is 2.80 bits per heavy atom.